The van der Waals surface area contributed by atoms with Crippen LogP contribution in [-0.4, -0.2) is 50.7 Å². The Hall–Kier alpha value is -1.75. The van der Waals surface area contributed by atoms with Crippen molar-refractivity contribution in [3.05, 3.63) is 24.3 Å². The van der Waals surface area contributed by atoms with E-state index in [-0.39, 0.29) is 5.91 Å². The number of methoxy groups -OCH3 is 1. The lowest BCUT2D eigenvalue weighted by atomic mass is 9.96. The minimum atomic E-state index is 0.195. The highest BCUT2D eigenvalue weighted by Crippen LogP contribution is 2.19. The minimum absolute atomic E-state index is 0.195. The molecule has 2 rings (SSSR count). The van der Waals surface area contributed by atoms with Crippen LogP contribution in [0.1, 0.15) is 26.2 Å². The molecular weight excluding hydrogens is 292 g/mol. The van der Waals surface area contributed by atoms with Crippen LogP contribution in [0.2, 0.25) is 0 Å². The Morgan fingerprint density at radius 3 is 2.48 bits per heavy atom. The molecule has 1 N–H and O–H groups in total. The fourth-order valence-corrected chi connectivity index (χ4v) is 2.82. The van der Waals surface area contributed by atoms with Gasteiger partial charge in [0.05, 0.1) is 20.1 Å². The Bertz CT molecular complexity index is 468. The number of amides is 1. The quantitative estimate of drug-likeness (QED) is 0.798. The van der Waals surface area contributed by atoms with Gasteiger partial charge in [0.1, 0.15) is 11.5 Å². The summed E-state index contributed by atoms with van der Waals surface area (Å²) >= 11 is 0. The van der Waals surface area contributed by atoms with Crippen LogP contribution >= 0.6 is 0 Å². The zero-order valence-electron chi connectivity index (χ0n) is 14.2. The van der Waals surface area contributed by atoms with E-state index in [0.717, 1.165) is 50.5 Å². The van der Waals surface area contributed by atoms with Gasteiger partial charge in [-0.15, -0.1) is 0 Å². The molecule has 1 aromatic carbocycles. The Kier molecular flexibility index (Phi) is 7.20. The number of nitrogens with zero attached hydrogens (tertiary/aromatic N) is 1. The minimum Gasteiger partial charge on any atom is -0.497 e. The number of rotatable bonds is 8. The van der Waals surface area contributed by atoms with Crippen molar-refractivity contribution in [1.29, 1.82) is 0 Å². The van der Waals surface area contributed by atoms with Crippen LogP contribution in [0.15, 0.2) is 24.3 Å². The molecule has 0 bridgehead atoms. The largest absolute Gasteiger partial charge is 0.497 e. The molecule has 0 aliphatic carbocycles. The van der Waals surface area contributed by atoms with E-state index in [0.29, 0.717) is 18.9 Å². The van der Waals surface area contributed by atoms with E-state index in [4.69, 9.17) is 9.47 Å². The maximum atomic E-state index is 12.2. The molecule has 1 aliphatic rings. The van der Waals surface area contributed by atoms with Gasteiger partial charge in [-0.1, -0.05) is 6.92 Å². The van der Waals surface area contributed by atoms with E-state index in [2.05, 4.69) is 12.2 Å². The summed E-state index contributed by atoms with van der Waals surface area (Å²) in [6.45, 7) is 6.37. The summed E-state index contributed by atoms with van der Waals surface area (Å²) in [6, 6.07) is 7.42. The van der Waals surface area contributed by atoms with Crippen molar-refractivity contribution < 1.29 is 14.3 Å². The van der Waals surface area contributed by atoms with Gasteiger partial charge in [-0.2, -0.15) is 0 Å². The van der Waals surface area contributed by atoms with Crippen molar-refractivity contribution >= 4 is 5.91 Å². The molecule has 128 valence electrons. The topological polar surface area (TPSA) is 50.8 Å². The first-order chi connectivity index (χ1) is 11.2. The number of piperidine rings is 1. The second kappa shape index (κ2) is 9.40. The average molecular weight is 320 g/mol. The van der Waals surface area contributed by atoms with Gasteiger partial charge in [0.25, 0.3) is 0 Å². The first-order valence-corrected chi connectivity index (χ1v) is 8.48. The highest BCUT2D eigenvalue weighted by molar-refractivity contribution is 5.76. The van der Waals surface area contributed by atoms with Crippen molar-refractivity contribution in [2.75, 3.05) is 39.9 Å². The summed E-state index contributed by atoms with van der Waals surface area (Å²) in [6.07, 6.45) is 2.63. The number of hydrogen-bond donors (Lipinski definition) is 1. The lowest BCUT2D eigenvalue weighted by molar-refractivity contribution is -0.133. The number of nitrogens with one attached hydrogen (secondary N) is 1. The van der Waals surface area contributed by atoms with Crippen molar-refractivity contribution in [2.45, 2.75) is 26.2 Å². The van der Waals surface area contributed by atoms with E-state index in [9.17, 15) is 4.79 Å². The molecule has 0 spiro atoms. The predicted octanol–water partition coefficient (Wildman–Crippen LogP) is 2.31. The van der Waals surface area contributed by atoms with Gasteiger partial charge in [-0.3, -0.25) is 4.79 Å². The molecular formula is C18H28N2O3. The molecule has 0 aromatic heterocycles. The summed E-state index contributed by atoms with van der Waals surface area (Å²) < 4.78 is 10.7. The van der Waals surface area contributed by atoms with E-state index < -0.39 is 0 Å². The van der Waals surface area contributed by atoms with E-state index in [1.807, 2.05) is 29.2 Å². The van der Waals surface area contributed by atoms with Crippen LogP contribution in [0.5, 0.6) is 11.5 Å². The van der Waals surface area contributed by atoms with E-state index >= 15 is 0 Å². The highest BCUT2D eigenvalue weighted by atomic mass is 16.5. The fourth-order valence-electron chi connectivity index (χ4n) is 2.82. The zero-order chi connectivity index (χ0) is 16.5. The third-order valence-electron chi connectivity index (χ3n) is 4.29. The molecule has 1 heterocycles. The van der Waals surface area contributed by atoms with Crippen molar-refractivity contribution in [2.24, 2.45) is 5.92 Å². The predicted molar refractivity (Wildman–Crippen MR) is 91.0 cm³/mol. The van der Waals surface area contributed by atoms with Gasteiger partial charge in [0.2, 0.25) is 5.91 Å². The number of ether oxygens (including phenoxy) is 2. The lowest BCUT2D eigenvalue weighted by Gasteiger charge is -2.32. The number of carbonyl (C=O) groups is 1. The third-order valence-corrected chi connectivity index (χ3v) is 4.29. The van der Waals surface area contributed by atoms with Crippen molar-refractivity contribution in [1.82, 2.24) is 10.2 Å². The lowest BCUT2D eigenvalue weighted by Crippen LogP contribution is -2.41. The smallest absolute Gasteiger partial charge is 0.225 e. The molecule has 1 aromatic rings. The maximum absolute atomic E-state index is 12.2. The maximum Gasteiger partial charge on any atom is 0.225 e. The Labute approximate surface area is 139 Å². The second-order valence-corrected chi connectivity index (χ2v) is 5.91. The number of hydrogen-bond acceptors (Lipinski definition) is 4. The number of likely N-dealkylation sites (tertiary alicyclic amines) is 1. The average Bonchev–Trinajstić information content (AvgIpc) is 2.61. The third kappa shape index (κ3) is 5.75. The molecule has 1 saturated heterocycles. The Morgan fingerprint density at radius 2 is 1.87 bits per heavy atom. The van der Waals surface area contributed by atoms with Gasteiger partial charge in [0, 0.05) is 13.1 Å². The highest BCUT2D eigenvalue weighted by Gasteiger charge is 2.22. The molecule has 5 heteroatoms. The van der Waals surface area contributed by atoms with E-state index in [1.54, 1.807) is 7.11 Å². The van der Waals surface area contributed by atoms with Gasteiger partial charge in [-0.05, 0) is 56.1 Å². The summed E-state index contributed by atoms with van der Waals surface area (Å²) in [5.74, 6) is 2.46. The Morgan fingerprint density at radius 1 is 1.22 bits per heavy atom. The molecule has 0 atom stereocenters. The van der Waals surface area contributed by atoms with Gasteiger partial charge < -0.3 is 19.7 Å². The normalized spacial score (nSPS) is 15.5. The van der Waals surface area contributed by atoms with E-state index in [1.165, 1.54) is 0 Å². The molecule has 0 saturated carbocycles. The number of carbonyl (C=O) groups excluding carboxylic acids is 1. The summed E-state index contributed by atoms with van der Waals surface area (Å²) in [5.41, 5.74) is 0. The SMILES string of the molecule is CCNCC1CCN(C(=O)CCOc2ccc(OC)cc2)CC1. The monoisotopic (exact) mass is 320 g/mol. The molecule has 0 unspecified atom stereocenters. The molecule has 1 aliphatic heterocycles. The summed E-state index contributed by atoms with van der Waals surface area (Å²) in [4.78, 5) is 14.2. The first-order valence-electron chi connectivity index (χ1n) is 8.48. The molecule has 0 radical (unpaired) electrons. The summed E-state index contributed by atoms with van der Waals surface area (Å²) in [5, 5.41) is 3.39. The van der Waals surface area contributed by atoms with Gasteiger partial charge in [0.15, 0.2) is 0 Å². The van der Waals surface area contributed by atoms with Crippen LogP contribution < -0.4 is 14.8 Å². The van der Waals surface area contributed by atoms with Crippen molar-refractivity contribution in [3.63, 3.8) is 0 Å². The van der Waals surface area contributed by atoms with Crippen LogP contribution in [0.3, 0.4) is 0 Å². The van der Waals surface area contributed by atoms with Gasteiger partial charge in [-0.25, -0.2) is 0 Å². The molecule has 1 fully saturated rings. The summed E-state index contributed by atoms with van der Waals surface area (Å²) in [7, 11) is 1.63. The molecule has 5 nitrogen and oxygen atoms in total. The van der Waals surface area contributed by atoms with Crippen molar-refractivity contribution in [3.8, 4) is 11.5 Å². The van der Waals surface area contributed by atoms with Crippen LogP contribution in [0.25, 0.3) is 0 Å². The fraction of sp³-hybridized carbons (Fsp3) is 0.611. The number of benzene rings is 1. The second-order valence-electron chi connectivity index (χ2n) is 5.91. The van der Waals surface area contributed by atoms with Crippen LogP contribution in [0.4, 0.5) is 0 Å². The molecule has 23 heavy (non-hydrogen) atoms. The Balaban J connectivity index is 1.65. The molecule has 1 amide bonds. The first kappa shape index (κ1) is 17.6. The van der Waals surface area contributed by atoms with Gasteiger partial charge >= 0.3 is 0 Å². The standard InChI is InChI=1S/C18H28N2O3/c1-3-19-14-15-8-11-20(12-9-15)18(21)10-13-23-17-6-4-16(22-2)5-7-17/h4-7,15,19H,3,8-14H2,1-2H3. The van der Waals surface area contributed by atoms with Crippen LogP contribution in [0, 0.1) is 5.92 Å². The zero-order valence-corrected chi connectivity index (χ0v) is 14.2. The van der Waals surface area contributed by atoms with Crippen LogP contribution in [-0.2, 0) is 4.79 Å².